The van der Waals surface area contributed by atoms with Gasteiger partial charge < -0.3 is 19.4 Å². The fraction of sp³-hybridized carbons (Fsp3) is 0.414. The Balaban J connectivity index is 1.14. The van der Waals surface area contributed by atoms with E-state index in [9.17, 15) is 4.79 Å². The summed E-state index contributed by atoms with van der Waals surface area (Å²) >= 11 is 3.75. The number of rotatable bonds is 7. The lowest BCUT2D eigenvalue weighted by Gasteiger charge is -2.36. The van der Waals surface area contributed by atoms with Crippen molar-refractivity contribution < 1.29 is 9.53 Å². The summed E-state index contributed by atoms with van der Waals surface area (Å²) in [5, 5.41) is 2.13. The molecule has 6 heteroatoms. The highest BCUT2D eigenvalue weighted by molar-refractivity contribution is 9.10. The van der Waals surface area contributed by atoms with Gasteiger partial charge in [0.2, 0.25) is 0 Å². The number of hydrogen-bond acceptors (Lipinski definition) is 4. The van der Waals surface area contributed by atoms with Crippen LogP contribution in [0.1, 0.15) is 36.0 Å². The highest BCUT2D eigenvalue weighted by atomic mass is 79.9. The maximum absolute atomic E-state index is 13.3. The lowest BCUT2D eigenvalue weighted by atomic mass is 10.0. The lowest BCUT2D eigenvalue weighted by Crippen LogP contribution is -2.49. The van der Waals surface area contributed by atoms with E-state index in [4.69, 9.17) is 4.74 Å². The van der Waals surface area contributed by atoms with Gasteiger partial charge in [-0.1, -0.05) is 42.8 Å². The quantitative estimate of drug-likeness (QED) is 0.357. The lowest BCUT2D eigenvalue weighted by molar-refractivity contribution is 0.0748. The zero-order valence-corrected chi connectivity index (χ0v) is 21.9. The Bertz CT molecular complexity index is 1150. The molecule has 2 heterocycles. The van der Waals surface area contributed by atoms with E-state index < -0.39 is 0 Å². The van der Waals surface area contributed by atoms with E-state index in [2.05, 4.69) is 56.1 Å². The van der Waals surface area contributed by atoms with Crippen molar-refractivity contribution in [3.05, 3.63) is 70.7 Å². The van der Waals surface area contributed by atoms with Gasteiger partial charge in [-0.05, 0) is 83.3 Å². The highest BCUT2D eigenvalue weighted by Crippen LogP contribution is 2.31. The number of nitrogens with zero attached hydrogens (tertiary/aromatic N) is 3. The van der Waals surface area contributed by atoms with Crippen molar-refractivity contribution in [2.45, 2.75) is 25.7 Å². The third kappa shape index (κ3) is 5.81. The number of halogens is 1. The second-order valence-corrected chi connectivity index (χ2v) is 10.4. The number of hydrogen-bond donors (Lipinski definition) is 0. The minimum absolute atomic E-state index is 0.119. The zero-order valence-electron chi connectivity index (χ0n) is 20.3. The standard InChI is InChI=1S/C29H34BrN3O2/c30-27-22-24(35-21-7-16-31-14-4-1-5-15-31)12-13-28(27)32-17-19-33(20-18-32)29(34)26-11-6-9-23-8-2-3-10-25(23)26/h2-3,6,8-13,22H,1,4-5,7,14-21H2. The highest BCUT2D eigenvalue weighted by Gasteiger charge is 2.24. The van der Waals surface area contributed by atoms with Gasteiger partial charge in [-0.15, -0.1) is 0 Å². The number of likely N-dealkylation sites (tertiary alicyclic amines) is 1. The monoisotopic (exact) mass is 535 g/mol. The smallest absolute Gasteiger partial charge is 0.254 e. The molecule has 0 spiro atoms. The average molecular weight is 537 g/mol. The molecule has 0 aliphatic carbocycles. The van der Waals surface area contributed by atoms with Crippen molar-refractivity contribution in [1.82, 2.24) is 9.80 Å². The topological polar surface area (TPSA) is 36.0 Å². The average Bonchev–Trinajstić information content (AvgIpc) is 2.91. The summed E-state index contributed by atoms with van der Waals surface area (Å²) in [6.07, 6.45) is 5.11. The fourth-order valence-electron chi connectivity index (χ4n) is 5.23. The molecule has 2 aliphatic heterocycles. The van der Waals surface area contributed by atoms with Gasteiger partial charge in [-0.3, -0.25) is 4.79 Å². The fourth-order valence-corrected chi connectivity index (χ4v) is 5.84. The number of fused-ring (bicyclic) bond motifs is 1. The van der Waals surface area contributed by atoms with E-state index in [1.165, 1.54) is 32.4 Å². The van der Waals surface area contributed by atoms with Crippen molar-refractivity contribution in [1.29, 1.82) is 0 Å². The first kappa shape index (κ1) is 24.1. The zero-order chi connectivity index (χ0) is 24.0. The molecule has 2 aliphatic rings. The van der Waals surface area contributed by atoms with Crippen LogP contribution >= 0.6 is 15.9 Å². The van der Waals surface area contributed by atoms with E-state index in [-0.39, 0.29) is 5.91 Å². The van der Waals surface area contributed by atoms with Crippen LogP contribution in [0.25, 0.3) is 10.8 Å². The molecule has 0 unspecified atom stereocenters. The number of ether oxygens (including phenoxy) is 1. The molecule has 184 valence electrons. The van der Waals surface area contributed by atoms with Crippen LogP contribution in [0.4, 0.5) is 5.69 Å². The summed E-state index contributed by atoms with van der Waals surface area (Å²) in [4.78, 5) is 20.1. The maximum Gasteiger partial charge on any atom is 0.254 e. The molecule has 5 rings (SSSR count). The molecule has 35 heavy (non-hydrogen) atoms. The molecular weight excluding hydrogens is 502 g/mol. The summed E-state index contributed by atoms with van der Waals surface area (Å²) in [6.45, 7) is 7.39. The first-order valence-electron chi connectivity index (χ1n) is 12.9. The van der Waals surface area contributed by atoms with Crippen molar-refractivity contribution in [3.63, 3.8) is 0 Å². The van der Waals surface area contributed by atoms with E-state index in [1.54, 1.807) is 0 Å². The molecule has 0 aromatic heterocycles. The van der Waals surface area contributed by atoms with Gasteiger partial charge in [-0.25, -0.2) is 0 Å². The van der Waals surface area contributed by atoms with Crippen LogP contribution in [0.3, 0.4) is 0 Å². The molecular formula is C29H34BrN3O2. The van der Waals surface area contributed by atoms with E-state index in [0.717, 1.165) is 64.9 Å². The van der Waals surface area contributed by atoms with Crippen LogP contribution in [0.5, 0.6) is 5.75 Å². The Kier molecular flexibility index (Phi) is 7.89. The van der Waals surface area contributed by atoms with Gasteiger partial charge in [-0.2, -0.15) is 0 Å². The number of piperazine rings is 1. The molecule has 0 N–H and O–H groups in total. The van der Waals surface area contributed by atoms with Crippen molar-refractivity contribution in [2.24, 2.45) is 0 Å². The Morgan fingerprint density at radius 2 is 1.63 bits per heavy atom. The SMILES string of the molecule is O=C(c1cccc2ccccc12)N1CCN(c2ccc(OCCCN3CCCCC3)cc2Br)CC1. The number of carbonyl (C=O) groups excluding carboxylic acids is 1. The predicted molar refractivity (Wildman–Crippen MR) is 147 cm³/mol. The molecule has 1 amide bonds. The molecule has 2 fully saturated rings. The second-order valence-electron chi connectivity index (χ2n) is 9.52. The molecule has 0 radical (unpaired) electrons. The molecule has 0 saturated carbocycles. The van der Waals surface area contributed by atoms with Gasteiger partial charge in [0.05, 0.1) is 12.3 Å². The van der Waals surface area contributed by atoms with E-state index in [0.29, 0.717) is 13.1 Å². The Morgan fingerprint density at radius 1 is 0.857 bits per heavy atom. The minimum Gasteiger partial charge on any atom is -0.494 e. The number of piperidine rings is 1. The molecule has 2 saturated heterocycles. The summed E-state index contributed by atoms with van der Waals surface area (Å²) in [5.74, 6) is 1.03. The number of carbonyl (C=O) groups is 1. The van der Waals surface area contributed by atoms with Gasteiger partial charge >= 0.3 is 0 Å². The third-order valence-electron chi connectivity index (χ3n) is 7.18. The third-order valence-corrected chi connectivity index (χ3v) is 7.82. The maximum atomic E-state index is 13.3. The van der Waals surface area contributed by atoms with Gasteiger partial charge in [0.15, 0.2) is 0 Å². The van der Waals surface area contributed by atoms with Crippen LogP contribution in [-0.2, 0) is 0 Å². The van der Waals surface area contributed by atoms with Gasteiger partial charge in [0.25, 0.3) is 5.91 Å². The Morgan fingerprint density at radius 3 is 2.43 bits per heavy atom. The second kappa shape index (κ2) is 11.4. The van der Waals surface area contributed by atoms with Crippen LogP contribution in [-0.4, -0.2) is 68.1 Å². The minimum atomic E-state index is 0.119. The van der Waals surface area contributed by atoms with Gasteiger partial charge in [0.1, 0.15) is 5.75 Å². The first-order valence-corrected chi connectivity index (χ1v) is 13.6. The van der Waals surface area contributed by atoms with Crippen LogP contribution in [0.15, 0.2) is 65.1 Å². The number of anilines is 1. The van der Waals surface area contributed by atoms with Crippen molar-refractivity contribution in [3.8, 4) is 5.75 Å². The van der Waals surface area contributed by atoms with Crippen LogP contribution in [0, 0.1) is 0 Å². The van der Waals surface area contributed by atoms with Crippen molar-refractivity contribution in [2.75, 3.05) is 57.3 Å². The molecule has 3 aromatic carbocycles. The number of benzene rings is 3. The Labute approximate surface area is 216 Å². The van der Waals surface area contributed by atoms with Crippen LogP contribution < -0.4 is 9.64 Å². The molecule has 0 atom stereocenters. The molecule has 5 nitrogen and oxygen atoms in total. The molecule has 0 bridgehead atoms. The molecule has 3 aromatic rings. The van der Waals surface area contributed by atoms with Crippen molar-refractivity contribution >= 4 is 38.3 Å². The largest absolute Gasteiger partial charge is 0.494 e. The normalized spacial score (nSPS) is 17.1. The summed E-state index contributed by atoms with van der Waals surface area (Å²) in [7, 11) is 0. The first-order chi connectivity index (χ1) is 17.2. The van der Waals surface area contributed by atoms with E-state index in [1.807, 2.05) is 35.2 Å². The van der Waals surface area contributed by atoms with Crippen LogP contribution in [0.2, 0.25) is 0 Å². The Hall–Kier alpha value is -2.57. The van der Waals surface area contributed by atoms with E-state index >= 15 is 0 Å². The van der Waals surface area contributed by atoms with Gasteiger partial charge in [0, 0.05) is 42.8 Å². The number of amides is 1. The summed E-state index contributed by atoms with van der Waals surface area (Å²) in [6, 6.07) is 20.3. The predicted octanol–water partition coefficient (Wildman–Crippen LogP) is 5.82. The summed E-state index contributed by atoms with van der Waals surface area (Å²) in [5.41, 5.74) is 1.95. The summed E-state index contributed by atoms with van der Waals surface area (Å²) < 4.78 is 7.07.